The van der Waals surface area contributed by atoms with Crippen molar-refractivity contribution in [1.29, 1.82) is 0 Å². The fraction of sp³-hybridized carbons (Fsp3) is 0.368. The Morgan fingerprint density at radius 2 is 2.04 bits per heavy atom. The summed E-state index contributed by atoms with van der Waals surface area (Å²) < 4.78 is 4.81. The van der Waals surface area contributed by atoms with Crippen LogP contribution in [-0.4, -0.2) is 26.3 Å². The molecule has 0 radical (unpaired) electrons. The molecule has 3 aromatic rings. The lowest BCUT2D eigenvalue weighted by molar-refractivity contribution is 0.243. The van der Waals surface area contributed by atoms with Crippen molar-refractivity contribution < 1.29 is 0 Å². The number of aryl methyl sites for hydroxylation is 2. The maximum absolute atomic E-state index is 5.65. The van der Waals surface area contributed by atoms with Crippen LogP contribution in [-0.2, 0) is 19.8 Å². The summed E-state index contributed by atoms with van der Waals surface area (Å²) in [5.74, 6) is 0.961. The minimum atomic E-state index is 0.678. The molecule has 0 saturated heterocycles. The van der Waals surface area contributed by atoms with Gasteiger partial charge in [0.1, 0.15) is 0 Å². The van der Waals surface area contributed by atoms with Crippen molar-refractivity contribution in [3.8, 4) is 10.7 Å². The molecule has 0 aliphatic carbocycles. The predicted molar refractivity (Wildman–Crippen MR) is 107 cm³/mol. The molecule has 4 nitrogen and oxygen atoms in total. The Hall–Kier alpha value is -1.76. The summed E-state index contributed by atoms with van der Waals surface area (Å²) in [5, 5.41) is 6.86. The van der Waals surface area contributed by atoms with Crippen LogP contribution >= 0.6 is 23.6 Å². The van der Waals surface area contributed by atoms with Crippen LogP contribution in [0.25, 0.3) is 10.7 Å². The molecule has 0 bridgehead atoms. The van der Waals surface area contributed by atoms with Crippen molar-refractivity contribution in [1.82, 2.24) is 19.2 Å². The number of benzene rings is 1. The summed E-state index contributed by atoms with van der Waals surface area (Å²) in [6.45, 7) is 8.79. The van der Waals surface area contributed by atoms with E-state index in [1.165, 1.54) is 16.7 Å². The smallest absolute Gasteiger partial charge is 0.199 e. The third-order valence-electron chi connectivity index (χ3n) is 4.29. The van der Waals surface area contributed by atoms with Crippen LogP contribution < -0.4 is 0 Å². The lowest BCUT2D eigenvalue weighted by Gasteiger charge is -2.18. The molecule has 2 aromatic heterocycles. The highest BCUT2D eigenvalue weighted by atomic mass is 32.1. The average Bonchev–Trinajstić information content (AvgIpc) is 3.19. The van der Waals surface area contributed by atoms with E-state index in [2.05, 4.69) is 66.9 Å². The summed E-state index contributed by atoms with van der Waals surface area (Å²) in [4.78, 5) is 3.40. The number of rotatable bonds is 6. The maximum Gasteiger partial charge on any atom is 0.199 e. The first-order valence-corrected chi connectivity index (χ1v) is 9.74. The van der Waals surface area contributed by atoms with Crippen LogP contribution in [0.4, 0.5) is 0 Å². The number of aromatic nitrogens is 3. The van der Waals surface area contributed by atoms with Gasteiger partial charge in [-0.05, 0) is 62.6 Å². The van der Waals surface area contributed by atoms with Gasteiger partial charge in [-0.15, -0.1) is 16.4 Å². The van der Waals surface area contributed by atoms with Gasteiger partial charge in [0.25, 0.3) is 0 Å². The molecular weight excluding hydrogens is 348 g/mol. The summed E-state index contributed by atoms with van der Waals surface area (Å²) in [5.41, 5.74) is 3.97. The van der Waals surface area contributed by atoms with E-state index in [1.807, 2.05) is 10.7 Å². The fourth-order valence-corrected chi connectivity index (χ4v) is 4.03. The highest BCUT2D eigenvalue weighted by Crippen LogP contribution is 2.23. The van der Waals surface area contributed by atoms with E-state index in [1.54, 1.807) is 11.3 Å². The molecule has 0 saturated carbocycles. The zero-order valence-electron chi connectivity index (χ0n) is 15.2. The monoisotopic (exact) mass is 372 g/mol. The maximum atomic E-state index is 5.65. The van der Waals surface area contributed by atoms with Crippen molar-refractivity contribution in [2.24, 2.45) is 0 Å². The number of nitrogens with zero attached hydrogens (tertiary/aromatic N) is 4. The van der Waals surface area contributed by atoms with E-state index in [9.17, 15) is 0 Å². The van der Waals surface area contributed by atoms with Crippen molar-refractivity contribution >= 4 is 23.6 Å². The van der Waals surface area contributed by atoms with Gasteiger partial charge in [-0.3, -0.25) is 9.47 Å². The summed E-state index contributed by atoms with van der Waals surface area (Å²) in [7, 11) is 2.11. The van der Waals surface area contributed by atoms with E-state index in [-0.39, 0.29) is 0 Å². The van der Waals surface area contributed by atoms with Crippen LogP contribution in [0, 0.1) is 18.6 Å². The topological polar surface area (TPSA) is 26.0 Å². The van der Waals surface area contributed by atoms with Gasteiger partial charge in [0.15, 0.2) is 10.6 Å². The van der Waals surface area contributed by atoms with Crippen LogP contribution in [0.15, 0.2) is 35.7 Å². The molecule has 0 aliphatic heterocycles. The molecule has 3 rings (SSSR count). The lowest BCUT2D eigenvalue weighted by Crippen LogP contribution is -2.23. The van der Waals surface area contributed by atoms with E-state index in [4.69, 9.17) is 17.3 Å². The second kappa shape index (κ2) is 7.64. The van der Waals surface area contributed by atoms with Crippen LogP contribution in [0.1, 0.15) is 23.6 Å². The van der Waals surface area contributed by atoms with Crippen LogP contribution in [0.5, 0.6) is 0 Å². The summed E-state index contributed by atoms with van der Waals surface area (Å²) in [6.07, 6.45) is 0. The molecule has 132 valence electrons. The van der Waals surface area contributed by atoms with E-state index >= 15 is 0 Å². The van der Waals surface area contributed by atoms with E-state index in [0.29, 0.717) is 6.67 Å². The van der Waals surface area contributed by atoms with Crippen molar-refractivity contribution in [3.63, 3.8) is 0 Å². The summed E-state index contributed by atoms with van der Waals surface area (Å²) >= 11 is 7.35. The van der Waals surface area contributed by atoms with Gasteiger partial charge in [0, 0.05) is 13.1 Å². The van der Waals surface area contributed by atoms with Gasteiger partial charge in [-0.1, -0.05) is 29.8 Å². The van der Waals surface area contributed by atoms with Crippen LogP contribution in [0.2, 0.25) is 0 Å². The summed E-state index contributed by atoms with van der Waals surface area (Å²) in [6, 6.07) is 10.8. The van der Waals surface area contributed by atoms with Gasteiger partial charge in [-0.25, -0.2) is 4.68 Å². The van der Waals surface area contributed by atoms with Gasteiger partial charge in [0.2, 0.25) is 0 Å². The third kappa shape index (κ3) is 3.92. The second-order valence-electron chi connectivity index (χ2n) is 6.41. The molecule has 0 N–H and O–H groups in total. The molecular formula is C19H24N4S2. The molecule has 0 atom stereocenters. The van der Waals surface area contributed by atoms with Gasteiger partial charge in [0.05, 0.1) is 11.5 Å². The molecule has 0 aliphatic rings. The van der Waals surface area contributed by atoms with Crippen molar-refractivity contribution in [2.45, 2.75) is 40.5 Å². The average molecular weight is 373 g/mol. The Morgan fingerprint density at radius 1 is 1.24 bits per heavy atom. The van der Waals surface area contributed by atoms with Gasteiger partial charge in [-0.2, -0.15) is 0 Å². The van der Waals surface area contributed by atoms with Gasteiger partial charge >= 0.3 is 0 Å². The Bertz CT molecular complexity index is 906. The minimum Gasteiger partial charge on any atom is -0.300 e. The fourth-order valence-electron chi connectivity index (χ4n) is 3.00. The first kappa shape index (κ1) is 18.0. The van der Waals surface area contributed by atoms with E-state index in [0.717, 1.165) is 28.6 Å². The van der Waals surface area contributed by atoms with Gasteiger partial charge < -0.3 is 0 Å². The number of hydrogen-bond acceptors (Lipinski definition) is 4. The molecule has 25 heavy (non-hydrogen) atoms. The molecule has 0 unspecified atom stereocenters. The molecule has 0 spiro atoms. The Kier molecular flexibility index (Phi) is 5.51. The Morgan fingerprint density at radius 3 is 2.68 bits per heavy atom. The Labute approximate surface area is 158 Å². The largest absolute Gasteiger partial charge is 0.300 e. The molecule has 2 heterocycles. The standard InChI is InChI=1S/C19H24N4S2/c1-5-22-18(17-7-6-10-25-17)20-23(19(22)24)13-21(4)12-16-9-8-14(2)11-15(16)3/h6-11H,5,12-13H2,1-4H3. The highest BCUT2D eigenvalue weighted by Gasteiger charge is 2.14. The van der Waals surface area contributed by atoms with E-state index < -0.39 is 0 Å². The van der Waals surface area contributed by atoms with Crippen molar-refractivity contribution in [2.75, 3.05) is 7.05 Å². The second-order valence-corrected chi connectivity index (χ2v) is 7.73. The SMILES string of the molecule is CCn1c(-c2cccs2)nn(CN(C)Cc2ccc(C)cc2C)c1=S. The number of hydrogen-bond donors (Lipinski definition) is 0. The lowest BCUT2D eigenvalue weighted by atomic mass is 10.1. The third-order valence-corrected chi connectivity index (χ3v) is 5.59. The van der Waals surface area contributed by atoms with Crippen molar-refractivity contribution in [3.05, 3.63) is 57.2 Å². The van der Waals surface area contributed by atoms with Crippen LogP contribution in [0.3, 0.4) is 0 Å². The normalized spacial score (nSPS) is 11.4. The predicted octanol–water partition coefficient (Wildman–Crippen LogP) is 4.87. The molecule has 1 aromatic carbocycles. The quantitative estimate of drug-likeness (QED) is 0.578. The number of thiophene rings is 1. The molecule has 0 fully saturated rings. The molecule has 0 amide bonds. The first-order valence-electron chi connectivity index (χ1n) is 8.45. The Balaban J connectivity index is 1.82. The molecule has 6 heteroatoms. The highest BCUT2D eigenvalue weighted by molar-refractivity contribution is 7.71. The zero-order valence-corrected chi connectivity index (χ0v) is 16.8. The first-order chi connectivity index (χ1) is 12.0. The minimum absolute atomic E-state index is 0.678. The zero-order chi connectivity index (χ0) is 18.0.